The van der Waals surface area contributed by atoms with Gasteiger partial charge >= 0.3 is 0 Å². The van der Waals surface area contributed by atoms with Gasteiger partial charge in [0.2, 0.25) is 0 Å². The average Bonchev–Trinajstić information content (AvgIpc) is 3.34. The van der Waals surface area contributed by atoms with Crippen LogP contribution in [0.2, 0.25) is 10.0 Å². The number of benzene rings is 1. The van der Waals surface area contributed by atoms with Crippen molar-refractivity contribution in [3.8, 4) is 20.9 Å². The Bertz CT molecular complexity index is 1190. The lowest BCUT2D eigenvalue weighted by atomic mass is 10.00. The molecule has 8 heteroatoms. The van der Waals surface area contributed by atoms with Crippen LogP contribution >= 0.6 is 114 Å². The van der Waals surface area contributed by atoms with E-state index in [4.69, 9.17) is 23.2 Å². The van der Waals surface area contributed by atoms with E-state index < -0.39 is 0 Å². The van der Waals surface area contributed by atoms with Gasteiger partial charge in [-0.3, -0.25) is 0 Å². The minimum atomic E-state index is 0.838. The zero-order valence-corrected chi connectivity index (χ0v) is 23.5. The summed E-state index contributed by atoms with van der Waals surface area (Å²) in [4.78, 5) is 4.98. The van der Waals surface area contributed by atoms with Gasteiger partial charge in [-0.1, -0.05) is 23.2 Å². The van der Waals surface area contributed by atoms with Crippen molar-refractivity contribution in [2.75, 3.05) is 0 Å². The van der Waals surface area contributed by atoms with Crippen LogP contribution in [0.5, 0.6) is 0 Å². The number of hydrogen-bond donors (Lipinski definition) is 0. The molecule has 0 amide bonds. The smallest absolute Gasteiger partial charge is 0.0846 e. The molecule has 0 aliphatic heterocycles. The van der Waals surface area contributed by atoms with Crippen LogP contribution in [-0.4, -0.2) is 0 Å². The normalized spacial score (nSPS) is 11.9. The predicted molar refractivity (Wildman–Crippen MR) is 149 cm³/mol. The fourth-order valence-corrected chi connectivity index (χ4v) is 9.83. The molecule has 0 nitrogen and oxygen atoms in total. The second-order valence-corrected chi connectivity index (χ2v) is 15.5. The van der Waals surface area contributed by atoms with Crippen LogP contribution in [0.3, 0.4) is 0 Å². The topological polar surface area (TPSA) is 0 Å². The summed E-state index contributed by atoms with van der Waals surface area (Å²) in [5.74, 6) is 0. The van der Waals surface area contributed by atoms with Gasteiger partial charge in [0, 0.05) is 50.8 Å². The first-order chi connectivity index (χ1) is 13.3. The quantitative estimate of drug-likeness (QED) is 0.161. The zero-order chi connectivity index (χ0) is 19.7. The average molecular weight is 703 g/mol. The van der Waals surface area contributed by atoms with Crippen LogP contribution < -0.4 is 0 Å². The van der Waals surface area contributed by atoms with Gasteiger partial charge in [0.25, 0.3) is 0 Å². The molecule has 0 unspecified atom stereocenters. The van der Waals surface area contributed by atoms with Crippen molar-refractivity contribution in [2.45, 2.75) is 13.8 Å². The van der Waals surface area contributed by atoms with Gasteiger partial charge in [-0.05, 0) is 83.3 Å². The molecular weight excluding hydrogens is 693 g/mol. The van der Waals surface area contributed by atoms with Crippen LogP contribution in [0, 0.1) is 19.6 Å². The van der Waals surface area contributed by atoms with Gasteiger partial charge in [0.15, 0.2) is 0 Å². The van der Waals surface area contributed by atoms with E-state index in [0.29, 0.717) is 0 Å². The van der Waals surface area contributed by atoms with E-state index in [9.17, 15) is 0 Å². The second kappa shape index (κ2) is 7.62. The molecule has 0 radical (unpaired) electrons. The molecule has 0 aliphatic carbocycles. The summed E-state index contributed by atoms with van der Waals surface area (Å²) in [6.45, 7) is 4.28. The molecule has 0 saturated heterocycles. The van der Waals surface area contributed by atoms with E-state index >= 15 is 0 Å². The Balaban J connectivity index is 1.98. The highest BCUT2D eigenvalue weighted by molar-refractivity contribution is 14.1. The highest BCUT2D eigenvalue weighted by atomic mass is 127. The Morgan fingerprint density at radius 1 is 0.714 bits per heavy atom. The summed E-state index contributed by atoms with van der Waals surface area (Å²) in [5.41, 5.74) is 2.64. The third-order valence-electron chi connectivity index (χ3n) is 4.55. The summed E-state index contributed by atoms with van der Waals surface area (Å²) in [5, 5.41) is 4.32. The maximum atomic E-state index is 6.44. The van der Waals surface area contributed by atoms with E-state index in [1.165, 1.54) is 53.7 Å². The van der Waals surface area contributed by atoms with Crippen molar-refractivity contribution in [2.24, 2.45) is 0 Å². The highest BCUT2D eigenvalue weighted by Gasteiger charge is 2.23. The second-order valence-electron chi connectivity index (χ2n) is 6.39. The third kappa shape index (κ3) is 3.30. The first kappa shape index (κ1) is 20.5. The summed E-state index contributed by atoms with van der Waals surface area (Å²) in [6, 6.07) is 8.89. The summed E-state index contributed by atoms with van der Waals surface area (Å²) >= 11 is 24.9. The van der Waals surface area contributed by atoms with Crippen LogP contribution in [0.1, 0.15) is 9.75 Å². The lowest BCUT2D eigenvalue weighted by molar-refractivity contribution is 1.64. The van der Waals surface area contributed by atoms with Gasteiger partial charge in [0.05, 0.1) is 15.8 Å². The van der Waals surface area contributed by atoms with Crippen LogP contribution in [0.15, 0.2) is 24.3 Å². The molecular formula is C20H10Cl2I2S4. The Kier molecular flexibility index (Phi) is 5.57. The maximum Gasteiger partial charge on any atom is 0.0846 e. The van der Waals surface area contributed by atoms with Crippen LogP contribution in [0.4, 0.5) is 0 Å². The number of aryl methyl sites for hydroxylation is 2. The number of hydrogen-bond acceptors (Lipinski definition) is 4. The van der Waals surface area contributed by atoms with E-state index in [-0.39, 0.29) is 0 Å². The molecule has 4 heterocycles. The van der Waals surface area contributed by atoms with E-state index in [0.717, 1.165) is 12.9 Å². The molecule has 5 rings (SSSR count). The van der Waals surface area contributed by atoms with Crippen LogP contribution in [0.25, 0.3) is 41.1 Å². The van der Waals surface area contributed by atoms with Crippen molar-refractivity contribution in [3.05, 3.63) is 49.8 Å². The fourth-order valence-electron chi connectivity index (χ4n) is 3.40. The largest absolute Gasteiger partial charge is 0.140 e. The molecule has 0 spiro atoms. The summed E-state index contributed by atoms with van der Waals surface area (Å²) in [6.07, 6.45) is 0. The number of fused-ring (bicyclic) bond motifs is 2. The monoisotopic (exact) mass is 702 g/mol. The SMILES string of the molecule is Cc1cc2c(-c3cc(Cl)c(C)s3)c3sc(I)cc3c(-c3cc(Cl)c(I)s3)c2s1. The van der Waals surface area contributed by atoms with Gasteiger partial charge < -0.3 is 0 Å². The molecule has 4 aromatic heterocycles. The number of halogens is 4. The number of thiophene rings is 4. The summed E-state index contributed by atoms with van der Waals surface area (Å²) < 4.78 is 5.10. The third-order valence-corrected chi connectivity index (χ3v) is 12.0. The first-order valence-corrected chi connectivity index (χ1v) is 14.4. The van der Waals surface area contributed by atoms with Crippen molar-refractivity contribution < 1.29 is 0 Å². The van der Waals surface area contributed by atoms with E-state index in [1.807, 2.05) is 22.7 Å². The van der Waals surface area contributed by atoms with E-state index in [1.54, 1.807) is 22.7 Å². The molecule has 0 atom stereocenters. The molecule has 28 heavy (non-hydrogen) atoms. The van der Waals surface area contributed by atoms with Crippen molar-refractivity contribution in [3.63, 3.8) is 0 Å². The van der Waals surface area contributed by atoms with Crippen LogP contribution in [-0.2, 0) is 0 Å². The van der Waals surface area contributed by atoms with Gasteiger partial charge in [-0.2, -0.15) is 0 Å². The molecule has 142 valence electrons. The van der Waals surface area contributed by atoms with Gasteiger partial charge in [0.1, 0.15) is 0 Å². The lowest BCUT2D eigenvalue weighted by Gasteiger charge is -2.09. The molecule has 5 aromatic rings. The van der Waals surface area contributed by atoms with Crippen molar-refractivity contribution in [1.82, 2.24) is 0 Å². The Morgan fingerprint density at radius 3 is 1.93 bits per heavy atom. The minimum Gasteiger partial charge on any atom is -0.140 e. The zero-order valence-electron chi connectivity index (χ0n) is 14.5. The molecule has 0 bridgehead atoms. The molecule has 0 saturated carbocycles. The van der Waals surface area contributed by atoms with E-state index in [2.05, 4.69) is 83.3 Å². The van der Waals surface area contributed by atoms with Gasteiger partial charge in [-0.15, -0.1) is 45.3 Å². The lowest BCUT2D eigenvalue weighted by Crippen LogP contribution is -1.81. The predicted octanol–water partition coefficient (Wildman–Crippen LogP) is 10.7. The Hall–Kier alpha value is 0.580. The molecule has 0 fully saturated rings. The molecule has 0 aliphatic rings. The molecule has 1 aromatic carbocycles. The standard InChI is InChI=1S/C20H10Cl2I2S4/c1-7-3-9-16(13-5-11(21)8(2)26-13)19-10(4-15(23)28-19)17(18(9)25-7)14-6-12(22)20(24)27-14/h3-6H,1-2H3. The first-order valence-electron chi connectivity index (χ1n) is 8.20. The Morgan fingerprint density at radius 2 is 1.32 bits per heavy atom. The molecule has 0 N–H and O–H groups in total. The number of rotatable bonds is 2. The minimum absolute atomic E-state index is 0.838. The van der Waals surface area contributed by atoms with Gasteiger partial charge in [-0.25, -0.2) is 0 Å². The summed E-state index contributed by atoms with van der Waals surface area (Å²) in [7, 11) is 0. The van der Waals surface area contributed by atoms with Crippen molar-refractivity contribution in [1.29, 1.82) is 0 Å². The van der Waals surface area contributed by atoms with Crippen molar-refractivity contribution >= 4 is 134 Å². The Labute approximate surface area is 215 Å². The maximum absolute atomic E-state index is 6.44. The fraction of sp³-hybridized carbons (Fsp3) is 0.100. The highest BCUT2D eigenvalue weighted by Crippen LogP contribution is 2.52.